The highest BCUT2D eigenvalue weighted by Gasteiger charge is 2.30. The number of nitrogens with zero attached hydrogens (tertiary/aromatic N) is 1. The number of benzene rings is 2. The predicted molar refractivity (Wildman–Crippen MR) is 118 cm³/mol. The molecule has 1 fully saturated rings. The number of thioether (sulfide) groups is 1. The zero-order valence-corrected chi connectivity index (χ0v) is 17.9. The smallest absolute Gasteiger partial charge is 0.251 e. The summed E-state index contributed by atoms with van der Waals surface area (Å²) < 4.78 is 0. The molecule has 1 aliphatic heterocycles. The number of amides is 2. The molecule has 0 spiro atoms. The summed E-state index contributed by atoms with van der Waals surface area (Å²) in [5.41, 5.74) is 2.55. The number of hydrogen-bond donors (Lipinski definition) is 1. The number of nitrogens with one attached hydrogen (secondary N) is 1. The third-order valence-corrected chi connectivity index (χ3v) is 7.42. The van der Waals surface area contributed by atoms with Crippen molar-refractivity contribution in [3.8, 4) is 0 Å². The molecule has 1 heterocycles. The van der Waals surface area contributed by atoms with E-state index >= 15 is 0 Å². The number of rotatable bonds is 4. The summed E-state index contributed by atoms with van der Waals surface area (Å²) in [6, 6.07) is 16.0. The summed E-state index contributed by atoms with van der Waals surface area (Å²) in [6.07, 6.45) is 3.44. The second kappa shape index (κ2) is 8.62. The van der Waals surface area contributed by atoms with Gasteiger partial charge in [-0.1, -0.05) is 57.0 Å². The van der Waals surface area contributed by atoms with E-state index < -0.39 is 0 Å². The summed E-state index contributed by atoms with van der Waals surface area (Å²) in [5, 5.41) is 3.25. The first-order valence-corrected chi connectivity index (χ1v) is 11.4. The summed E-state index contributed by atoms with van der Waals surface area (Å²) in [4.78, 5) is 28.5. The van der Waals surface area contributed by atoms with Gasteiger partial charge in [-0.3, -0.25) is 9.59 Å². The fraction of sp³-hybridized carbons (Fsp3) is 0.417. The minimum atomic E-state index is -0.0403. The molecule has 0 aromatic heterocycles. The van der Waals surface area contributed by atoms with Crippen LogP contribution in [-0.4, -0.2) is 23.6 Å². The molecule has 0 saturated heterocycles. The van der Waals surface area contributed by atoms with Gasteiger partial charge in [-0.2, -0.15) is 0 Å². The maximum Gasteiger partial charge on any atom is 0.251 e. The Morgan fingerprint density at radius 2 is 1.93 bits per heavy atom. The second-order valence-corrected chi connectivity index (χ2v) is 9.30. The third-order valence-electron chi connectivity index (χ3n) is 6.37. The molecule has 2 amide bonds. The Morgan fingerprint density at radius 1 is 1.14 bits per heavy atom. The lowest BCUT2D eigenvalue weighted by molar-refractivity contribution is -0.116. The highest BCUT2D eigenvalue weighted by molar-refractivity contribution is 8.00. The molecule has 1 N–H and O–H groups in total. The van der Waals surface area contributed by atoms with E-state index in [1.807, 2.05) is 53.4 Å². The molecule has 2 aromatic rings. The lowest BCUT2D eigenvalue weighted by Crippen LogP contribution is -2.43. The first-order chi connectivity index (χ1) is 14.0. The molecule has 4 nitrogen and oxygen atoms in total. The van der Waals surface area contributed by atoms with E-state index in [2.05, 4.69) is 19.2 Å². The first kappa shape index (κ1) is 20.0. The Hall–Kier alpha value is -2.27. The summed E-state index contributed by atoms with van der Waals surface area (Å²) in [6.45, 7) is 5.03. The van der Waals surface area contributed by atoms with Crippen molar-refractivity contribution in [3.63, 3.8) is 0 Å². The zero-order valence-electron chi connectivity index (χ0n) is 17.1. The van der Waals surface area contributed by atoms with Crippen molar-refractivity contribution in [1.82, 2.24) is 5.32 Å². The Bertz CT molecular complexity index is 899. The maximum absolute atomic E-state index is 13.0. The van der Waals surface area contributed by atoms with Gasteiger partial charge in [0, 0.05) is 16.5 Å². The van der Waals surface area contributed by atoms with E-state index in [-0.39, 0.29) is 17.9 Å². The van der Waals surface area contributed by atoms with Crippen molar-refractivity contribution in [2.45, 2.75) is 50.6 Å². The van der Waals surface area contributed by atoms with Crippen LogP contribution in [0.5, 0.6) is 0 Å². The van der Waals surface area contributed by atoms with Crippen LogP contribution in [0.1, 0.15) is 49.0 Å². The maximum atomic E-state index is 13.0. The van der Waals surface area contributed by atoms with Gasteiger partial charge in [-0.25, -0.2) is 0 Å². The SMILES string of the molecule is C[C@@H]1[C@H](C)CCC[C@H]1NC(=O)c1ccc2c(c1)N(Cc1ccccc1)C(=O)CS2. The van der Waals surface area contributed by atoms with Crippen LogP contribution in [0.2, 0.25) is 0 Å². The quantitative estimate of drug-likeness (QED) is 0.784. The average Bonchev–Trinajstić information content (AvgIpc) is 2.74. The van der Waals surface area contributed by atoms with Crippen molar-refractivity contribution in [1.29, 1.82) is 0 Å². The van der Waals surface area contributed by atoms with E-state index in [4.69, 9.17) is 0 Å². The fourth-order valence-corrected chi connectivity index (χ4v) is 5.24. The van der Waals surface area contributed by atoms with E-state index in [9.17, 15) is 9.59 Å². The lowest BCUT2D eigenvalue weighted by Gasteiger charge is -2.34. The minimum Gasteiger partial charge on any atom is -0.349 e. The third kappa shape index (κ3) is 4.35. The Morgan fingerprint density at radius 3 is 2.72 bits per heavy atom. The Kier molecular flexibility index (Phi) is 5.95. The van der Waals surface area contributed by atoms with Gasteiger partial charge in [-0.15, -0.1) is 11.8 Å². The van der Waals surface area contributed by atoms with Gasteiger partial charge in [-0.05, 0) is 42.0 Å². The largest absolute Gasteiger partial charge is 0.349 e. The summed E-state index contributed by atoms with van der Waals surface area (Å²) in [7, 11) is 0. The van der Waals surface area contributed by atoms with Crippen molar-refractivity contribution in [2.24, 2.45) is 11.8 Å². The van der Waals surface area contributed by atoms with Crippen LogP contribution < -0.4 is 10.2 Å². The van der Waals surface area contributed by atoms with Crippen molar-refractivity contribution < 1.29 is 9.59 Å². The number of fused-ring (bicyclic) bond motifs is 1. The van der Waals surface area contributed by atoms with Crippen molar-refractivity contribution in [2.75, 3.05) is 10.7 Å². The van der Waals surface area contributed by atoms with Crippen LogP contribution in [-0.2, 0) is 11.3 Å². The molecule has 1 saturated carbocycles. The number of carbonyl (C=O) groups excluding carboxylic acids is 2. The van der Waals surface area contributed by atoms with Crippen LogP contribution in [0.3, 0.4) is 0 Å². The van der Waals surface area contributed by atoms with Crippen LogP contribution in [0.15, 0.2) is 53.4 Å². The molecule has 4 rings (SSSR count). The van der Waals surface area contributed by atoms with Gasteiger partial charge >= 0.3 is 0 Å². The summed E-state index contributed by atoms with van der Waals surface area (Å²) >= 11 is 1.54. The monoisotopic (exact) mass is 408 g/mol. The first-order valence-electron chi connectivity index (χ1n) is 10.4. The van der Waals surface area contributed by atoms with E-state index in [0.717, 1.165) is 29.0 Å². The topological polar surface area (TPSA) is 49.4 Å². The standard InChI is InChI=1S/C24H28N2O2S/c1-16-7-6-10-20(17(16)2)25-24(28)19-11-12-22-21(13-19)26(23(27)15-29-22)14-18-8-4-3-5-9-18/h3-5,8-9,11-13,16-17,20H,6-7,10,14-15H2,1-2H3,(H,25,28)/t16-,17-,20-/m1/s1. The predicted octanol–water partition coefficient (Wildman–Crippen LogP) is 4.88. The molecule has 2 aromatic carbocycles. The van der Waals surface area contributed by atoms with Gasteiger partial charge in [0.05, 0.1) is 18.0 Å². The Balaban J connectivity index is 1.56. The average molecular weight is 409 g/mol. The molecule has 0 bridgehead atoms. The normalized spacial score (nSPS) is 24.1. The number of anilines is 1. The molecule has 0 unspecified atom stereocenters. The van der Waals surface area contributed by atoms with Crippen LogP contribution in [0, 0.1) is 11.8 Å². The number of carbonyl (C=O) groups is 2. The van der Waals surface area contributed by atoms with Gasteiger partial charge in [0.1, 0.15) is 0 Å². The minimum absolute atomic E-state index is 0.0403. The molecule has 3 atom stereocenters. The van der Waals surface area contributed by atoms with Crippen LogP contribution in [0.4, 0.5) is 5.69 Å². The summed E-state index contributed by atoms with van der Waals surface area (Å²) in [5.74, 6) is 1.59. The lowest BCUT2D eigenvalue weighted by atomic mass is 9.78. The molecule has 0 radical (unpaired) electrons. The van der Waals surface area contributed by atoms with Crippen LogP contribution in [0.25, 0.3) is 0 Å². The fourth-order valence-electron chi connectivity index (χ4n) is 4.32. The molecule has 1 aliphatic carbocycles. The van der Waals surface area contributed by atoms with E-state index in [0.29, 0.717) is 29.7 Å². The van der Waals surface area contributed by atoms with Crippen molar-refractivity contribution >= 4 is 29.3 Å². The zero-order chi connectivity index (χ0) is 20.4. The van der Waals surface area contributed by atoms with Gasteiger partial charge in [0.2, 0.25) is 5.91 Å². The van der Waals surface area contributed by atoms with Gasteiger partial charge in [0.25, 0.3) is 5.91 Å². The van der Waals surface area contributed by atoms with Crippen LogP contribution >= 0.6 is 11.8 Å². The van der Waals surface area contributed by atoms with Gasteiger partial charge in [0.15, 0.2) is 0 Å². The van der Waals surface area contributed by atoms with E-state index in [1.165, 1.54) is 6.42 Å². The molecular formula is C24H28N2O2S. The molecule has 2 aliphatic rings. The molecule has 29 heavy (non-hydrogen) atoms. The molecule has 152 valence electrons. The highest BCUT2D eigenvalue weighted by atomic mass is 32.2. The second-order valence-electron chi connectivity index (χ2n) is 8.28. The van der Waals surface area contributed by atoms with Crippen molar-refractivity contribution in [3.05, 3.63) is 59.7 Å². The molecule has 5 heteroatoms. The highest BCUT2D eigenvalue weighted by Crippen LogP contribution is 2.37. The van der Waals surface area contributed by atoms with E-state index in [1.54, 1.807) is 11.8 Å². The molecular weight excluding hydrogens is 380 g/mol. The number of hydrogen-bond acceptors (Lipinski definition) is 3. The Labute approximate surface area is 177 Å². The van der Waals surface area contributed by atoms with Gasteiger partial charge < -0.3 is 10.2 Å².